The number of amides is 1. The molecule has 2 aliphatic rings. The van der Waals surface area contributed by atoms with Crippen LogP contribution in [0.25, 0.3) is 10.9 Å². The van der Waals surface area contributed by atoms with Crippen LogP contribution in [-0.4, -0.2) is 48.6 Å². The third kappa shape index (κ3) is 3.58. The average Bonchev–Trinajstić information content (AvgIpc) is 2.93. The number of aromatic nitrogens is 1. The topological polar surface area (TPSA) is 45.7 Å². The van der Waals surface area contributed by atoms with Crippen molar-refractivity contribution in [1.29, 1.82) is 0 Å². The summed E-state index contributed by atoms with van der Waals surface area (Å²) >= 11 is 0. The highest BCUT2D eigenvalue weighted by Crippen LogP contribution is 2.32. The molecule has 5 nitrogen and oxygen atoms in total. The van der Waals surface area contributed by atoms with Crippen molar-refractivity contribution in [2.24, 2.45) is 0 Å². The van der Waals surface area contributed by atoms with Crippen LogP contribution in [-0.2, 0) is 17.7 Å². The van der Waals surface area contributed by atoms with E-state index in [-0.39, 0.29) is 5.91 Å². The first kappa shape index (κ1) is 18.1. The minimum atomic E-state index is 0.140. The van der Waals surface area contributed by atoms with E-state index in [1.165, 1.54) is 0 Å². The number of hydrogen-bond acceptors (Lipinski definition) is 4. The number of pyridine rings is 1. The van der Waals surface area contributed by atoms with Gasteiger partial charge >= 0.3 is 0 Å². The van der Waals surface area contributed by atoms with Crippen LogP contribution < -0.4 is 4.90 Å². The molecule has 0 spiro atoms. The van der Waals surface area contributed by atoms with E-state index < -0.39 is 0 Å². The fourth-order valence-electron chi connectivity index (χ4n) is 4.33. The lowest BCUT2D eigenvalue weighted by Gasteiger charge is -2.24. The molecule has 1 aromatic heterocycles. The van der Waals surface area contributed by atoms with Crippen molar-refractivity contribution in [3.05, 3.63) is 71.4 Å². The van der Waals surface area contributed by atoms with Crippen LogP contribution in [0.1, 0.15) is 28.0 Å². The third-order valence-corrected chi connectivity index (χ3v) is 5.85. The van der Waals surface area contributed by atoms with Crippen LogP contribution in [0.15, 0.2) is 54.6 Å². The highest BCUT2D eigenvalue weighted by Gasteiger charge is 2.31. The first-order chi connectivity index (χ1) is 14.3. The van der Waals surface area contributed by atoms with E-state index in [2.05, 4.69) is 41.3 Å². The van der Waals surface area contributed by atoms with Gasteiger partial charge in [0.15, 0.2) is 0 Å². The van der Waals surface area contributed by atoms with Crippen molar-refractivity contribution < 1.29 is 9.53 Å². The lowest BCUT2D eigenvalue weighted by molar-refractivity contribution is 0.0780. The molecule has 1 fully saturated rings. The number of ether oxygens (including phenoxy) is 1. The molecule has 148 valence electrons. The summed E-state index contributed by atoms with van der Waals surface area (Å²) in [6.07, 6.45) is 1.76. The summed E-state index contributed by atoms with van der Waals surface area (Å²) in [7, 11) is 0. The van der Waals surface area contributed by atoms with E-state index in [1.807, 2.05) is 23.1 Å². The second kappa shape index (κ2) is 7.84. The summed E-state index contributed by atoms with van der Waals surface area (Å²) in [4.78, 5) is 22.2. The molecule has 0 aliphatic carbocycles. The van der Waals surface area contributed by atoms with Crippen LogP contribution in [0.4, 0.5) is 5.69 Å². The van der Waals surface area contributed by atoms with Gasteiger partial charge in [0.25, 0.3) is 5.91 Å². The quantitative estimate of drug-likeness (QED) is 0.685. The van der Waals surface area contributed by atoms with Gasteiger partial charge in [-0.3, -0.25) is 9.78 Å². The van der Waals surface area contributed by atoms with Gasteiger partial charge in [0.1, 0.15) is 0 Å². The Kier molecular flexibility index (Phi) is 4.90. The second-order valence-electron chi connectivity index (χ2n) is 7.74. The zero-order valence-corrected chi connectivity index (χ0v) is 16.5. The maximum absolute atomic E-state index is 13.2. The SMILES string of the molecule is O=C1c2c(cccc2N2CCCOCC2)CN1CCc1ccc2ccccc2n1. The van der Waals surface area contributed by atoms with E-state index >= 15 is 0 Å². The van der Waals surface area contributed by atoms with Gasteiger partial charge in [0.05, 0.1) is 17.7 Å². The van der Waals surface area contributed by atoms with Crippen molar-refractivity contribution in [2.45, 2.75) is 19.4 Å². The Morgan fingerprint density at radius 2 is 1.90 bits per heavy atom. The standard InChI is InChI=1S/C24H25N3O2/c28-24-23-19(6-3-8-22(23)26-12-4-15-29-16-14-26)17-27(24)13-11-20-10-9-18-5-1-2-7-21(18)25-20/h1-3,5-10H,4,11-17H2. The predicted octanol–water partition coefficient (Wildman–Crippen LogP) is 3.66. The number of carbonyl (C=O) groups excluding carboxylic acids is 1. The first-order valence-corrected chi connectivity index (χ1v) is 10.4. The maximum Gasteiger partial charge on any atom is 0.256 e. The predicted molar refractivity (Wildman–Crippen MR) is 114 cm³/mol. The van der Waals surface area contributed by atoms with Crippen molar-refractivity contribution >= 4 is 22.5 Å². The van der Waals surface area contributed by atoms with Gasteiger partial charge in [-0.15, -0.1) is 0 Å². The van der Waals surface area contributed by atoms with Crippen LogP contribution >= 0.6 is 0 Å². The monoisotopic (exact) mass is 387 g/mol. The highest BCUT2D eigenvalue weighted by atomic mass is 16.5. The zero-order chi connectivity index (χ0) is 19.6. The fourth-order valence-corrected chi connectivity index (χ4v) is 4.33. The van der Waals surface area contributed by atoms with Gasteiger partial charge in [-0.05, 0) is 30.2 Å². The molecular formula is C24H25N3O2. The smallest absolute Gasteiger partial charge is 0.256 e. The van der Waals surface area contributed by atoms with Gasteiger partial charge in [-0.2, -0.15) is 0 Å². The average molecular weight is 387 g/mol. The van der Waals surface area contributed by atoms with Gasteiger partial charge in [0, 0.05) is 56.0 Å². The molecule has 5 heteroatoms. The molecule has 2 aliphatic heterocycles. The molecule has 1 saturated heterocycles. The Bertz CT molecular complexity index is 1040. The van der Waals surface area contributed by atoms with Crippen molar-refractivity contribution in [1.82, 2.24) is 9.88 Å². The van der Waals surface area contributed by atoms with Gasteiger partial charge in [-0.1, -0.05) is 36.4 Å². The molecule has 0 bridgehead atoms. The first-order valence-electron chi connectivity index (χ1n) is 10.4. The minimum absolute atomic E-state index is 0.140. The summed E-state index contributed by atoms with van der Waals surface area (Å²) in [6.45, 7) is 4.65. The molecule has 0 saturated carbocycles. The number of carbonyl (C=O) groups is 1. The second-order valence-corrected chi connectivity index (χ2v) is 7.74. The number of anilines is 1. The molecule has 3 heterocycles. The maximum atomic E-state index is 13.2. The Morgan fingerprint density at radius 3 is 2.86 bits per heavy atom. The number of benzene rings is 2. The number of nitrogens with zero attached hydrogens (tertiary/aromatic N) is 3. The van der Waals surface area contributed by atoms with Gasteiger partial charge in [-0.25, -0.2) is 0 Å². The van der Waals surface area contributed by atoms with Crippen LogP contribution in [0.2, 0.25) is 0 Å². The lowest BCUT2D eigenvalue weighted by atomic mass is 10.1. The zero-order valence-electron chi connectivity index (χ0n) is 16.5. The molecule has 3 aromatic rings. The summed E-state index contributed by atoms with van der Waals surface area (Å²) < 4.78 is 5.59. The number of fused-ring (bicyclic) bond motifs is 2. The summed E-state index contributed by atoms with van der Waals surface area (Å²) in [5, 5.41) is 1.15. The molecule has 2 aromatic carbocycles. The van der Waals surface area contributed by atoms with E-state index in [9.17, 15) is 4.79 Å². The van der Waals surface area contributed by atoms with Gasteiger partial charge < -0.3 is 14.5 Å². The van der Waals surface area contributed by atoms with E-state index in [0.29, 0.717) is 13.1 Å². The third-order valence-electron chi connectivity index (χ3n) is 5.85. The van der Waals surface area contributed by atoms with Crippen LogP contribution in [0.5, 0.6) is 0 Å². The molecule has 0 atom stereocenters. The molecule has 0 unspecified atom stereocenters. The molecular weight excluding hydrogens is 362 g/mol. The number of rotatable bonds is 4. The van der Waals surface area contributed by atoms with Gasteiger partial charge in [0.2, 0.25) is 0 Å². The lowest BCUT2D eigenvalue weighted by Crippen LogP contribution is -2.30. The van der Waals surface area contributed by atoms with Crippen LogP contribution in [0.3, 0.4) is 0 Å². The van der Waals surface area contributed by atoms with E-state index in [4.69, 9.17) is 9.72 Å². The van der Waals surface area contributed by atoms with Crippen molar-refractivity contribution in [3.63, 3.8) is 0 Å². The summed E-state index contributed by atoms with van der Waals surface area (Å²) in [6, 6.07) is 18.6. The Labute approximate surface area is 170 Å². The molecule has 5 rings (SSSR count). The van der Waals surface area contributed by atoms with E-state index in [0.717, 1.165) is 72.6 Å². The Balaban J connectivity index is 1.33. The van der Waals surface area contributed by atoms with Crippen molar-refractivity contribution in [3.8, 4) is 0 Å². The molecule has 29 heavy (non-hydrogen) atoms. The van der Waals surface area contributed by atoms with Crippen LogP contribution in [0, 0.1) is 0 Å². The molecule has 0 N–H and O–H groups in total. The summed E-state index contributed by atoms with van der Waals surface area (Å²) in [5.74, 6) is 0.140. The molecule has 0 radical (unpaired) electrons. The number of para-hydroxylation sites is 1. The van der Waals surface area contributed by atoms with E-state index in [1.54, 1.807) is 0 Å². The molecule has 1 amide bonds. The largest absolute Gasteiger partial charge is 0.380 e. The Morgan fingerprint density at radius 1 is 0.966 bits per heavy atom. The summed E-state index contributed by atoms with van der Waals surface area (Å²) in [5.41, 5.74) is 5.10. The Hall–Kier alpha value is -2.92. The minimum Gasteiger partial charge on any atom is -0.380 e. The number of hydrogen-bond donors (Lipinski definition) is 0. The fraction of sp³-hybridized carbons (Fsp3) is 0.333. The highest BCUT2D eigenvalue weighted by molar-refractivity contribution is 6.03. The van der Waals surface area contributed by atoms with Crippen molar-refractivity contribution in [2.75, 3.05) is 37.7 Å². The normalized spacial score (nSPS) is 16.9.